The van der Waals surface area contributed by atoms with Crippen LogP contribution < -0.4 is 0 Å². The molecule has 6 saturated heterocycles. The van der Waals surface area contributed by atoms with Crippen LogP contribution in [0, 0.1) is 0 Å². The van der Waals surface area contributed by atoms with Crippen LogP contribution in [0.15, 0.2) is 0 Å². The van der Waals surface area contributed by atoms with Crippen molar-refractivity contribution in [3.8, 4) is 0 Å². The Balaban J connectivity index is 1.31. The Morgan fingerprint density at radius 1 is 0.254 bits per heavy atom. The average Bonchev–Trinajstić information content (AvgIpc) is 3.31. The zero-order chi connectivity index (χ0) is 49.3. The molecule has 0 spiro atoms. The van der Waals surface area contributed by atoms with E-state index in [4.69, 9.17) is 52.1 Å². The molecular formula is C36H62O31. The third-order valence-corrected chi connectivity index (χ3v) is 12.4. The van der Waals surface area contributed by atoms with Gasteiger partial charge in [-0.15, -0.1) is 0 Å². The molecular weight excluding hydrogens is 928 g/mol. The molecule has 1 unspecified atom stereocenters. The highest BCUT2D eigenvalue weighted by atomic mass is 16.8. The van der Waals surface area contributed by atoms with Gasteiger partial charge in [0.1, 0.15) is 146 Å². The smallest absolute Gasteiger partial charge is 0.187 e. The summed E-state index contributed by atoms with van der Waals surface area (Å²) in [5, 5.41) is 211. The molecule has 6 rings (SSSR count). The molecule has 0 radical (unpaired) electrons. The lowest BCUT2D eigenvalue weighted by atomic mass is 9.95. The van der Waals surface area contributed by atoms with Crippen LogP contribution in [0.1, 0.15) is 0 Å². The Bertz CT molecular complexity index is 1510. The highest BCUT2D eigenvalue weighted by molar-refractivity contribution is 4.99. The van der Waals surface area contributed by atoms with E-state index in [1.807, 2.05) is 0 Å². The van der Waals surface area contributed by atoms with E-state index in [2.05, 4.69) is 0 Å². The van der Waals surface area contributed by atoms with Crippen molar-refractivity contribution in [2.24, 2.45) is 0 Å². The summed E-state index contributed by atoms with van der Waals surface area (Å²) in [4.78, 5) is 0. The minimum absolute atomic E-state index is 0.870. The van der Waals surface area contributed by atoms with Crippen molar-refractivity contribution in [1.29, 1.82) is 0 Å². The normalized spacial score (nSPS) is 53.4. The second kappa shape index (κ2) is 23.5. The summed E-state index contributed by atoms with van der Waals surface area (Å²) in [5.74, 6) is 0. The summed E-state index contributed by atoms with van der Waals surface area (Å²) >= 11 is 0. The number of rotatable bonds is 16. The Hall–Kier alpha value is -1.24. The predicted molar refractivity (Wildman–Crippen MR) is 199 cm³/mol. The maximum absolute atomic E-state index is 11.9. The second-order valence-electron chi connectivity index (χ2n) is 16.8. The molecule has 392 valence electrons. The summed E-state index contributed by atoms with van der Waals surface area (Å²) < 4.78 is 61.6. The minimum atomic E-state index is -2.37. The first-order valence-electron chi connectivity index (χ1n) is 21.1. The van der Waals surface area contributed by atoms with Gasteiger partial charge in [0.25, 0.3) is 0 Å². The van der Waals surface area contributed by atoms with Crippen molar-refractivity contribution >= 4 is 0 Å². The Labute approximate surface area is 378 Å². The topological polar surface area (TPSA) is 506 Å². The molecule has 67 heavy (non-hydrogen) atoms. The average molecular weight is 991 g/mol. The highest BCUT2D eigenvalue weighted by Crippen LogP contribution is 2.37. The van der Waals surface area contributed by atoms with Crippen molar-refractivity contribution in [3.63, 3.8) is 0 Å². The van der Waals surface area contributed by atoms with Gasteiger partial charge in [0, 0.05) is 0 Å². The Morgan fingerprint density at radius 2 is 0.567 bits per heavy atom. The Morgan fingerprint density at radius 3 is 1.01 bits per heavy atom. The summed E-state index contributed by atoms with van der Waals surface area (Å²) in [6.07, 6.45) is -59.4. The molecule has 0 aromatic rings. The second-order valence-corrected chi connectivity index (χ2v) is 16.8. The molecule has 6 aliphatic heterocycles. The zero-order valence-corrected chi connectivity index (χ0v) is 35.0. The molecule has 20 N–H and O–H groups in total. The first kappa shape index (κ1) is 55.1. The van der Waals surface area contributed by atoms with Gasteiger partial charge in [0.15, 0.2) is 37.7 Å². The van der Waals surface area contributed by atoms with E-state index in [9.17, 15) is 102 Å². The molecule has 30 atom stereocenters. The largest absolute Gasteiger partial charge is 0.394 e. The van der Waals surface area contributed by atoms with Gasteiger partial charge in [-0.3, -0.25) is 0 Å². The first-order valence-corrected chi connectivity index (χ1v) is 21.1. The third kappa shape index (κ3) is 11.4. The monoisotopic (exact) mass is 990 g/mol. The van der Waals surface area contributed by atoms with E-state index in [0.717, 1.165) is 0 Å². The zero-order valence-electron chi connectivity index (χ0n) is 35.0. The molecule has 0 amide bonds. The Kier molecular flexibility index (Phi) is 19.4. The van der Waals surface area contributed by atoms with Crippen molar-refractivity contribution in [1.82, 2.24) is 0 Å². The summed E-state index contributed by atoms with van der Waals surface area (Å²) in [7, 11) is 0. The summed E-state index contributed by atoms with van der Waals surface area (Å²) in [5.41, 5.74) is 0. The molecule has 6 aliphatic rings. The number of aliphatic hydroxyl groups is 20. The van der Waals surface area contributed by atoms with Crippen molar-refractivity contribution < 1.29 is 154 Å². The SMILES string of the molecule is OC[C@H]1O[C@@H](O[C@@H]2[C@@H](O[C@@H]3[C@H](O)[C@@H](O[C@@H]4[C@@H](O[C@@H]5C(O)O[C@H](CO)[C@@H](O)[C@@H]5O)O[C@H](CO)[C@@H](O)[C@@H]4O)O[C@H](CO[C@H]4O[C@H](CO)[C@@H](O)[C@H](O)[C@@H]4O)[C@H]3O)O[C@H](CO)[C@@H](O)[C@@H]2O)[C@@H](O)[C@@H](O)[C@@H]1O. The fourth-order valence-corrected chi connectivity index (χ4v) is 8.35. The fraction of sp³-hybridized carbons (Fsp3) is 1.00. The van der Waals surface area contributed by atoms with Gasteiger partial charge >= 0.3 is 0 Å². The van der Waals surface area contributed by atoms with Gasteiger partial charge < -0.3 is 154 Å². The number of ether oxygens (including phenoxy) is 11. The van der Waals surface area contributed by atoms with Gasteiger partial charge in [-0.05, 0) is 0 Å². The summed E-state index contributed by atoms with van der Waals surface area (Å²) in [6.45, 7) is -5.63. The minimum Gasteiger partial charge on any atom is -0.394 e. The van der Waals surface area contributed by atoms with Crippen molar-refractivity contribution in [3.05, 3.63) is 0 Å². The molecule has 0 aromatic carbocycles. The quantitative estimate of drug-likeness (QED) is 0.0683. The van der Waals surface area contributed by atoms with Crippen LogP contribution in [0.5, 0.6) is 0 Å². The number of hydrogen-bond donors (Lipinski definition) is 20. The van der Waals surface area contributed by atoms with Crippen LogP contribution in [0.25, 0.3) is 0 Å². The molecule has 0 aliphatic carbocycles. The highest BCUT2D eigenvalue weighted by Gasteiger charge is 2.57. The lowest BCUT2D eigenvalue weighted by molar-refractivity contribution is -0.407. The molecule has 6 fully saturated rings. The van der Waals surface area contributed by atoms with E-state index >= 15 is 0 Å². The standard InChI is InChI=1S/C36H62O31/c37-1-7-15(44)21(50)28(31(56)58-7)65-36-30(23(52)17(46)11(5-41)62-36)67-34-26(55)27(18(47)12(63-34)6-57-32-24(53)19(48)13(42)8(2-38)59-32)64-35-29(22(51)16(45)10(4-40)61-35)66-33-25(54)20(49)14(43)9(3-39)60-33/h7-56H,1-6H2/t7-,8-,9-,10-,11-,12-,13-,14-,15-,16-,17-,18-,19+,20+,21+,22+,23+,24+,25+,26+,27+,28+,29+,30+,31?,32+,33+,34-,35-,36-/m1/s1. The van der Waals surface area contributed by atoms with Gasteiger partial charge in [-0.2, -0.15) is 0 Å². The van der Waals surface area contributed by atoms with Crippen LogP contribution >= 0.6 is 0 Å². The first-order chi connectivity index (χ1) is 31.7. The maximum Gasteiger partial charge on any atom is 0.187 e. The van der Waals surface area contributed by atoms with E-state index in [1.54, 1.807) is 0 Å². The van der Waals surface area contributed by atoms with E-state index in [1.165, 1.54) is 0 Å². The third-order valence-electron chi connectivity index (χ3n) is 12.4. The van der Waals surface area contributed by atoms with E-state index < -0.39 is 224 Å². The lowest BCUT2D eigenvalue weighted by Crippen LogP contribution is -2.68. The van der Waals surface area contributed by atoms with E-state index in [-0.39, 0.29) is 0 Å². The number of aliphatic hydroxyl groups excluding tert-OH is 20. The van der Waals surface area contributed by atoms with Crippen LogP contribution in [0.2, 0.25) is 0 Å². The van der Waals surface area contributed by atoms with Crippen molar-refractivity contribution in [2.75, 3.05) is 39.6 Å². The van der Waals surface area contributed by atoms with Gasteiger partial charge in [0.05, 0.1) is 39.6 Å². The molecule has 0 saturated carbocycles. The lowest BCUT2D eigenvalue weighted by Gasteiger charge is -2.50. The van der Waals surface area contributed by atoms with Gasteiger partial charge in [-0.1, -0.05) is 0 Å². The fourth-order valence-electron chi connectivity index (χ4n) is 8.35. The molecule has 0 aromatic heterocycles. The van der Waals surface area contributed by atoms with Crippen LogP contribution in [0.3, 0.4) is 0 Å². The van der Waals surface area contributed by atoms with Crippen LogP contribution in [-0.4, -0.2) is 326 Å². The van der Waals surface area contributed by atoms with Crippen LogP contribution in [0.4, 0.5) is 0 Å². The van der Waals surface area contributed by atoms with Gasteiger partial charge in [0.2, 0.25) is 0 Å². The maximum atomic E-state index is 11.9. The van der Waals surface area contributed by atoms with Crippen LogP contribution in [-0.2, 0) is 52.1 Å². The van der Waals surface area contributed by atoms with Gasteiger partial charge in [-0.25, -0.2) is 0 Å². The van der Waals surface area contributed by atoms with Crippen molar-refractivity contribution in [2.45, 2.75) is 184 Å². The molecule has 6 heterocycles. The molecule has 31 heteroatoms. The number of hydrogen-bond acceptors (Lipinski definition) is 31. The van der Waals surface area contributed by atoms with E-state index in [0.29, 0.717) is 0 Å². The molecule has 31 nitrogen and oxygen atoms in total. The summed E-state index contributed by atoms with van der Waals surface area (Å²) in [6, 6.07) is 0. The molecule has 0 bridgehead atoms. The predicted octanol–water partition coefficient (Wildman–Crippen LogP) is -14.1.